The van der Waals surface area contributed by atoms with E-state index in [2.05, 4.69) is 20.5 Å². The Kier molecular flexibility index (Phi) is 4.77. The first-order valence-electron chi connectivity index (χ1n) is 7.61. The first-order chi connectivity index (χ1) is 11.9. The van der Waals surface area contributed by atoms with Gasteiger partial charge in [-0.05, 0) is 31.3 Å². The van der Waals surface area contributed by atoms with Gasteiger partial charge in [-0.2, -0.15) is 0 Å². The predicted molar refractivity (Wildman–Crippen MR) is 94.4 cm³/mol. The summed E-state index contributed by atoms with van der Waals surface area (Å²) in [7, 11) is 2.03. The lowest BCUT2D eigenvalue weighted by molar-refractivity contribution is -0.132. The molecule has 0 saturated heterocycles. The molecule has 2 aromatic rings. The van der Waals surface area contributed by atoms with Crippen LogP contribution in [0.3, 0.4) is 0 Å². The third-order valence-corrected chi connectivity index (χ3v) is 4.77. The minimum atomic E-state index is -0.808. The van der Waals surface area contributed by atoms with Crippen LogP contribution < -0.4 is 16.4 Å². The molecule has 0 radical (unpaired) electrons. The number of aromatic nitrogens is 1. The Morgan fingerprint density at radius 2 is 1.84 bits per heavy atom. The van der Waals surface area contributed by atoms with Crippen molar-refractivity contribution in [3.8, 4) is 0 Å². The fraction of sp³-hybridized carbons (Fsp3) is 0.250. The van der Waals surface area contributed by atoms with Crippen molar-refractivity contribution in [2.75, 3.05) is 24.2 Å². The average molecular weight is 359 g/mol. The maximum atomic E-state index is 12.0. The molecule has 0 aliphatic carbocycles. The van der Waals surface area contributed by atoms with Gasteiger partial charge in [0.05, 0.1) is 5.69 Å². The fourth-order valence-corrected chi connectivity index (χ4v) is 3.52. The number of nitrogens with zero attached hydrogens (tertiary/aromatic N) is 2. The highest BCUT2D eigenvalue weighted by atomic mass is 32.1. The van der Waals surface area contributed by atoms with Gasteiger partial charge in [-0.3, -0.25) is 19.7 Å². The second-order valence-corrected chi connectivity index (χ2v) is 6.81. The lowest BCUT2D eigenvalue weighted by atomic mass is 10.2. The minimum absolute atomic E-state index is 0.320. The Morgan fingerprint density at radius 3 is 2.52 bits per heavy atom. The molecule has 0 saturated carbocycles. The van der Waals surface area contributed by atoms with E-state index in [0.29, 0.717) is 16.4 Å². The summed E-state index contributed by atoms with van der Waals surface area (Å²) < 4.78 is 0. The summed E-state index contributed by atoms with van der Waals surface area (Å²) in [5.41, 5.74) is 6.84. The molecule has 3 rings (SSSR count). The number of nitrogens with two attached hydrogens (primary N) is 1. The number of nitrogens with one attached hydrogen (secondary N) is 2. The van der Waals surface area contributed by atoms with Crippen molar-refractivity contribution in [3.63, 3.8) is 0 Å². The smallest absolute Gasteiger partial charge is 0.315 e. The Bertz CT molecular complexity index is 831. The lowest BCUT2D eigenvalue weighted by Gasteiger charge is -2.20. The van der Waals surface area contributed by atoms with E-state index in [1.165, 1.54) is 35.6 Å². The van der Waals surface area contributed by atoms with E-state index in [1.54, 1.807) is 0 Å². The molecule has 1 aromatic heterocycles. The Morgan fingerprint density at radius 1 is 1.16 bits per heavy atom. The highest BCUT2D eigenvalue weighted by Crippen LogP contribution is 2.27. The number of carbonyl (C=O) groups excluding carboxylic acids is 3. The highest BCUT2D eigenvalue weighted by Gasteiger charge is 2.21. The predicted octanol–water partition coefficient (Wildman–Crippen LogP) is 0.807. The largest absolute Gasteiger partial charge is 0.366 e. The van der Waals surface area contributed by atoms with Crippen LogP contribution in [-0.2, 0) is 22.6 Å². The van der Waals surface area contributed by atoms with Gasteiger partial charge >= 0.3 is 11.8 Å². The second kappa shape index (κ2) is 6.99. The first kappa shape index (κ1) is 17.1. The molecule has 1 aromatic carbocycles. The van der Waals surface area contributed by atoms with Crippen LogP contribution in [0.15, 0.2) is 24.3 Å². The van der Waals surface area contributed by atoms with Crippen molar-refractivity contribution in [1.29, 1.82) is 0 Å². The van der Waals surface area contributed by atoms with Gasteiger partial charge in [0.1, 0.15) is 0 Å². The van der Waals surface area contributed by atoms with Crippen LogP contribution >= 0.6 is 11.3 Å². The molecule has 3 amide bonds. The molecule has 9 heteroatoms. The normalized spacial score (nSPS) is 13.8. The van der Waals surface area contributed by atoms with Gasteiger partial charge in [0.15, 0.2) is 5.13 Å². The van der Waals surface area contributed by atoms with E-state index in [9.17, 15) is 14.4 Å². The molecule has 25 heavy (non-hydrogen) atoms. The fourth-order valence-electron chi connectivity index (χ4n) is 2.44. The van der Waals surface area contributed by atoms with E-state index in [1.807, 2.05) is 7.05 Å². The molecule has 0 fully saturated rings. The first-order valence-corrected chi connectivity index (χ1v) is 8.43. The Labute approximate surface area is 148 Å². The van der Waals surface area contributed by atoms with Gasteiger partial charge < -0.3 is 16.0 Å². The monoisotopic (exact) mass is 359 g/mol. The van der Waals surface area contributed by atoms with E-state index in [-0.39, 0.29) is 0 Å². The van der Waals surface area contributed by atoms with Crippen LogP contribution in [0.4, 0.5) is 10.8 Å². The number of benzene rings is 1. The number of rotatable bonds is 3. The summed E-state index contributed by atoms with van der Waals surface area (Å²) in [6.45, 7) is 1.72. The van der Waals surface area contributed by atoms with E-state index in [0.717, 1.165) is 30.1 Å². The molecule has 1 aliphatic heterocycles. The molecular formula is C16H17N5O3S. The van der Waals surface area contributed by atoms with Gasteiger partial charge in [0, 0.05) is 35.6 Å². The van der Waals surface area contributed by atoms with E-state index in [4.69, 9.17) is 5.73 Å². The van der Waals surface area contributed by atoms with Gasteiger partial charge in [0.2, 0.25) is 5.91 Å². The zero-order valence-electron chi connectivity index (χ0n) is 13.5. The molecule has 4 N–H and O–H groups in total. The van der Waals surface area contributed by atoms with Gasteiger partial charge in [-0.1, -0.05) is 0 Å². The molecule has 1 aliphatic rings. The van der Waals surface area contributed by atoms with Crippen LogP contribution in [0.5, 0.6) is 0 Å². The standard InChI is InChI=1S/C16H17N5O3S/c1-21-7-6-11-12(8-21)25-16(19-11)20-15(24)14(23)18-10-4-2-9(3-5-10)13(17)22/h2-5H,6-8H2,1H3,(H2,17,22)(H,18,23)(H,19,20,24). The van der Waals surface area contributed by atoms with Gasteiger partial charge in [0.25, 0.3) is 0 Å². The van der Waals surface area contributed by atoms with E-state index >= 15 is 0 Å². The van der Waals surface area contributed by atoms with Crippen molar-refractivity contribution in [2.24, 2.45) is 5.73 Å². The summed E-state index contributed by atoms with van der Waals surface area (Å²) in [5.74, 6) is -2.16. The number of carbonyl (C=O) groups is 3. The van der Waals surface area contributed by atoms with E-state index < -0.39 is 17.7 Å². The number of likely N-dealkylation sites (N-methyl/N-ethyl adjacent to an activating group) is 1. The second-order valence-electron chi connectivity index (χ2n) is 5.73. The summed E-state index contributed by atoms with van der Waals surface area (Å²) in [6, 6.07) is 5.95. The maximum absolute atomic E-state index is 12.0. The van der Waals surface area contributed by atoms with Crippen LogP contribution in [-0.4, -0.2) is 41.2 Å². The zero-order chi connectivity index (χ0) is 18.0. The highest BCUT2D eigenvalue weighted by molar-refractivity contribution is 7.16. The number of anilines is 2. The van der Waals surface area contributed by atoms with Crippen molar-refractivity contribution in [1.82, 2.24) is 9.88 Å². The zero-order valence-corrected chi connectivity index (χ0v) is 14.4. The summed E-state index contributed by atoms with van der Waals surface area (Å²) in [6.07, 6.45) is 0.830. The molecule has 0 unspecified atom stereocenters. The molecule has 130 valence electrons. The Hall–Kier alpha value is -2.78. The topological polar surface area (TPSA) is 117 Å². The summed E-state index contributed by atoms with van der Waals surface area (Å²) in [4.78, 5) is 42.7. The minimum Gasteiger partial charge on any atom is -0.366 e. The molecule has 8 nitrogen and oxygen atoms in total. The number of thiazole rings is 1. The molecular weight excluding hydrogens is 342 g/mol. The van der Waals surface area contributed by atoms with Crippen molar-refractivity contribution in [3.05, 3.63) is 40.4 Å². The van der Waals surface area contributed by atoms with Crippen molar-refractivity contribution < 1.29 is 14.4 Å². The lowest BCUT2D eigenvalue weighted by Crippen LogP contribution is -2.29. The van der Waals surface area contributed by atoms with Gasteiger partial charge in [-0.25, -0.2) is 4.98 Å². The SMILES string of the molecule is CN1CCc2nc(NC(=O)C(=O)Nc3ccc(C(N)=O)cc3)sc2C1. The number of hydrogen-bond donors (Lipinski definition) is 3. The van der Waals surface area contributed by atoms with Crippen LogP contribution in [0.25, 0.3) is 0 Å². The van der Waals surface area contributed by atoms with Gasteiger partial charge in [-0.15, -0.1) is 11.3 Å². The van der Waals surface area contributed by atoms with Crippen LogP contribution in [0.1, 0.15) is 20.9 Å². The third-order valence-electron chi connectivity index (χ3n) is 3.78. The molecule has 0 spiro atoms. The van der Waals surface area contributed by atoms with Crippen LogP contribution in [0, 0.1) is 0 Å². The number of hydrogen-bond acceptors (Lipinski definition) is 6. The summed E-state index contributed by atoms with van der Waals surface area (Å²) >= 11 is 1.38. The third kappa shape index (κ3) is 4.01. The van der Waals surface area contributed by atoms with Crippen LogP contribution in [0.2, 0.25) is 0 Å². The number of primary amides is 1. The molecule has 0 atom stereocenters. The Balaban J connectivity index is 1.61. The van der Waals surface area contributed by atoms with Crippen molar-refractivity contribution in [2.45, 2.75) is 13.0 Å². The molecule has 2 heterocycles. The number of fused-ring (bicyclic) bond motifs is 1. The maximum Gasteiger partial charge on any atom is 0.315 e. The van der Waals surface area contributed by atoms with Crippen molar-refractivity contribution >= 4 is 39.9 Å². The average Bonchev–Trinajstić information content (AvgIpc) is 2.96. The molecule has 0 bridgehead atoms. The number of amides is 3. The quantitative estimate of drug-likeness (QED) is 0.701. The summed E-state index contributed by atoms with van der Waals surface area (Å²) in [5, 5.41) is 5.41.